The molecule has 3 unspecified atom stereocenters. The summed E-state index contributed by atoms with van der Waals surface area (Å²) in [6, 6.07) is 7.75. The summed E-state index contributed by atoms with van der Waals surface area (Å²) in [4.78, 5) is 12.1. The van der Waals surface area contributed by atoms with Gasteiger partial charge in [-0.25, -0.2) is 0 Å². The van der Waals surface area contributed by atoms with Gasteiger partial charge in [-0.15, -0.1) is 0 Å². The molecule has 0 saturated heterocycles. The Bertz CT molecular complexity index is 449. The van der Waals surface area contributed by atoms with Crippen LogP contribution in [0.15, 0.2) is 24.3 Å². The summed E-state index contributed by atoms with van der Waals surface area (Å²) in [6.45, 7) is 0.552. The number of hydrogen-bond donors (Lipinski definition) is 2. The molecular weight excluding hydrogens is 242 g/mol. The number of para-hydroxylation sites is 1. The Hall–Kier alpha value is -1.55. The zero-order chi connectivity index (χ0) is 13.2. The van der Waals surface area contributed by atoms with Gasteiger partial charge < -0.3 is 15.2 Å². The smallest absolute Gasteiger partial charge is 0.261 e. The summed E-state index contributed by atoms with van der Waals surface area (Å²) in [6.07, 6.45) is 2.85. The number of hydrogen-bond acceptors (Lipinski definition) is 3. The lowest BCUT2D eigenvalue weighted by molar-refractivity contribution is -0.127. The fourth-order valence-corrected chi connectivity index (χ4v) is 2.93. The van der Waals surface area contributed by atoms with E-state index >= 15 is 0 Å². The van der Waals surface area contributed by atoms with E-state index in [0.717, 1.165) is 30.6 Å². The van der Waals surface area contributed by atoms with Crippen molar-refractivity contribution >= 4 is 5.91 Å². The molecule has 1 aromatic rings. The van der Waals surface area contributed by atoms with E-state index in [-0.39, 0.29) is 17.9 Å². The first kappa shape index (κ1) is 12.5. The van der Waals surface area contributed by atoms with E-state index in [4.69, 9.17) is 4.74 Å². The summed E-state index contributed by atoms with van der Waals surface area (Å²) >= 11 is 0. The molecular formula is C15H19NO3. The van der Waals surface area contributed by atoms with Crippen molar-refractivity contribution in [3.63, 3.8) is 0 Å². The van der Waals surface area contributed by atoms with Crippen molar-refractivity contribution in [2.45, 2.75) is 37.9 Å². The molecule has 1 aliphatic heterocycles. The molecule has 2 aliphatic rings. The predicted octanol–water partition coefficient (Wildman–Crippen LogP) is 1.27. The third kappa shape index (κ3) is 2.59. The van der Waals surface area contributed by atoms with Crippen LogP contribution in [0.1, 0.15) is 24.8 Å². The molecule has 1 aliphatic carbocycles. The largest absolute Gasteiger partial charge is 0.480 e. The maximum absolute atomic E-state index is 12.1. The van der Waals surface area contributed by atoms with E-state index in [9.17, 15) is 9.90 Å². The highest BCUT2D eigenvalue weighted by Crippen LogP contribution is 2.28. The van der Waals surface area contributed by atoms with Crippen LogP contribution in [0.2, 0.25) is 0 Å². The molecule has 0 spiro atoms. The fraction of sp³-hybridized carbons (Fsp3) is 0.533. The Morgan fingerprint density at radius 3 is 2.95 bits per heavy atom. The van der Waals surface area contributed by atoms with Crippen LogP contribution in [-0.4, -0.2) is 29.8 Å². The molecule has 2 N–H and O–H groups in total. The Balaban J connectivity index is 1.52. The second-order valence-electron chi connectivity index (χ2n) is 5.42. The lowest BCUT2D eigenvalue weighted by Crippen LogP contribution is -2.41. The molecule has 1 saturated carbocycles. The fourth-order valence-electron chi connectivity index (χ4n) is 2.93. The summed E-state index contributed by atoms with van der Waals surface area (Å²) in [7, 11) is 0. The Morgan fingerprint density at radius 2 is 2.21 bits per heavy atom. The van der Waals surface area contributed by atoms with Crippen LogP contribution in [0.25, 0.3) is 0 Å². The number of aliphatic hydroxyl groups excluding tert-OH is 1. The molecule has 3 atom stereocenters. The minimum absolute atomic E-state index is 0.0738. The standard InChI is InChI=1S/C15H19NO3/c17-12-6-3-5-11(12)9-16-15(18)14-8-10-4-1-2-7-13(10)19-14/h1-2,4,7,11-12,14,17H,3,5-6,8-9H2,(H,16,18). The highest BCUT2D eigenvalue weighted by Gasteiger charge is 2.30. The highest BCUT2D eigenvalue weighted by molar-refractivity contribution is 5.82. The average molecular weight is 261 g/mol. The summed E-state index contributed by atoms with van der Waals surface area (Å²) in [5.41, 5.74) is 1.09. The van der Waals surface area contributed by atoms with Gasteiger partial charge in [0.1, 0.15) is 5.75 Å². The first-order valence-corrected chi connectivity index (χ1v) is 6.94. The Kier molecular flexibility index (Phi) is 3.42. The Labute approximate surface area is 112 Å². The van der Waals surface area contributed by atoms with Crippen molar-refractivity contribution in [2.24, 2.45) is 5.92 Å². The minimum atomic E-state index is -0.420. The van der Waals surface area contributed by atoms with Gasteiger partial charge in [-0.1, -0.05) is 24.6 Å². The molecule has 4 heteroatoms. The third-order valence-corrected chi connectivity index (χ3v) is 4.10. The zero-order valence-corrected chi connectivity index (χ0v) is 10.8. The second-order valence-corrected chi connectivity index (χ2v) is 5.42. The van der Waals surface area contributed by atoms with Gasteiger partial charge in [0.15, 0.2) is 6.10 Å². The van der Waals surface area contributed by atoms with E-state index in [1.807, 2.05) is 24.3 Å². The summed E-state index contributed by atoms with van der Waals surface area (Å²) in [5, 5.41) is 12.6. The van der Waals surface area contributed by atoms with E-state index in [0.29, 0.717) is 13.0 Å². The van der Waals surface area contributed by atoms with Crippen LogP contribution in [0.4, 0.5) is 0 Å². The molecule has 102 valence electrons. The average Bonchev–Trinajstić information content (AvgIpc) is 3.01. The predicted molar refractivity (Wildman–Crippen MR) is 70.9 cm³/mol. The van der Waals surface area contributed by atoms with Crippen LogP contribution in [0.5, 0.6) is 5.75 Å². The lowest BCUT2D eigenvalue weighted by Gasteiger charge is -2.17. The van der Waals surface area contributed by atoms with E-state index in [1.54, 1.807) is 0 Å². The summed E-state index contributed by atoms with van der Waals surface area (Å²) < 4.78 is 5.64. The van der Waals surface area contributed by atoms with Crippen molar-refractivity contribution < 1.29 is 14.6 Å². The van der Waals surface area contributed by atoms with Gasteiger partial charge in [0.2, 0.25) is 0 Å². The van der Waals surface area contributed by atoms with Crippen molar-refractivity contribution in [2.75, 3.05) is 6.54 Å². The van der Waals surface area contributed by atoms with Gasteiger partial charge in [0.05, 0.1) is 6.10 Å². The van der Waals surface area contributed by atoms with Crippen LogP contribution >= 0.6 is 0 Å². The van der Waals surface area contributed by atoms with Gasteiger partial charge >= 0.3 is 0 Å². The molecule has 3 rings (SSSR count). The van der Waals surface area contributed by atoms with Crippen LogP contribution in [0.3, 0.4) is 0 Å². The number of nitrogens with one attached hydrogen (secondary N) is 1. The second kappa shape index (κ2) is 5.21. The number of amides is 1. The van der Waals surface area contributed by atoms with Gasteiger partial charge in [-0.05, 0) is 24.5 Å². The van der Waals surface area contributed by atoms with Crippen molar-refractivity contribution in [3.05, 3.63) is 29.8 Å². The van der Waals surface area contributed by atoms with Gasteiger partial charge in [0.25, 0.3) is 5.91 Å². The van der Waals surface area contributed by atoms with Gasteiger partial charge in [-0.3, -0.25) is 4.79 Å². The molecule has 1 fully saturated rings. The molecule has 19 heavy (non-hydrogen) atoms. The topological polar surface area (TPSA) is 58.6 Å². The van der Waals surface area contributed by atoms with E-state index < -0.39 is 6.10 Å². The number of benzene rings is 1. The minimum Gasteiger partial charge on any atom is -0.480 e. The number of carbonyl (C=O) groups is 1. The number of carbonyl (C=O) groups excluding carboxylic acids is 1. The first-order valence-electron chi connectivity index (χ1n) is 6.94. The monoisotopic (exact) mass is 261 g/mol. The van der Waals surface area contributed by atoms with Gasteiger partial charge in [-0.2, -0.15) is 0 Å². The van der Waals surface area contributed by atoms with Crippen molar-refractivity contribution in [3.8, 4) is 5.75 Å². The Morgan fingerprint density at radius 1 is 1.37 bits per heavy atom. The molecule has 1 heterocycles. The maximum atomic E-state index is 12.1. The van der Waals surface area contributed by atoms with Crippen LogP contribution in [0, 0.1) is 5.92 Å². The first-order chi connectivity index (χ1) is 9.24. The van der Waals surface area contributed by atoms with E-state index in [2.05, 4.69) is 5.32 Å². The molecule has 1 aromatic carbocycles. The molecule has 1 amide bonds. The zero-order valence-electron chi connectivity index (χ0n) is 10.8. The normalized spacial score (nSPS) is 28.8. The molecule has 0 aromatic heterocycles. The van der Waals surface area contributed by atoms with Crippen LogP contribution in [-0.2, 0) is 11.2 Å². The number of ether oxygens (including phenoxy) is 1. The van der Waals surface area contributed by atoms with Crippen molar-refractivity contribution in [1.82, 2.24) is 5.32 Å². The van der Waals surface area contributed by atoms with Crippen LogP contribution < -0.4 is 10.1 Å². The van der Waals surface area contributed by atoms with Gasteiger partial charge in [0, 0.05) is 18.9 Å². The molecule has 4 nitrogen and oxygen atoms in total. The molecule has 0 bridgehead atoms. The summed E-state index contributed by atoms with van der Waals surface area (Å²) in [5.74, 6) is 0.937. The molecule has 0 radical (unpaired) electrons. The number of aliphatic hydroxyl groups is 1. The van der Waals surface area contributed by atoms with E-state index in [1.165, 1.54) is 0 Å². The SMILES string of the molecule is O=C(NCC1CCCC1O)C1Cc2ccccc2O1. The lowest BCUT2D eigenvalue weighted by atomic mass is 10.1. The van der Waals surface area contributed by atoms with Crippen molar-refractivity contribution in [1.29, 1.82) is 0 Å². The quantitative estimate of drug-likeness (QED) is 0.861. The maximum Gasteiger partial charge on any atom is 0.261 e. The number of fused-ring (bicyclic) bond motifs is 1. The number of rotatable bonds is 3. The third-order valence-electron chi connectivity index (χ3n) is 4.10. The highest BCUT2D eigenvalue weighted by atomic mass is 16.5.